The Morgan fingerprint density at radius 1 is 1.06 bits per heavy atom. The third kappa shape index (κ3) is 2.06. The summed E-state index contributed by atoms with van der Waals surface area (Å²) in [6.07, 6.45) is 2.81. The lowest BCUT2D eigenvalue weighted by Gasteiger charge is -2.22. The van der Waals surface area contributed by atoms with Crippen molar-refractivity contribution < 1.29 is 5.11 Å². The van der Waals surface area contributed by atoms with E-state index in [0.29, 0.717) is 0 Å². The third-order valence-electron chi connectivity index (χ3n) is 3.78. The van der Waals surface area contributed by atoms with Crippen LogP contribution in [0.2, 0.25) is 0 Å². The monoisotopic (exact) mass is 238 g/mol. The number of hydrogen-bond acceptors (Lipinski definition) is 1. The number of hydrogen-bond donors (Lipinski definition) is 1. The van der Waals surface area contributed by atoms with Crippen molar-refractivity contribution in [2.24, 2.45) is 0 Å². The number of rotatable bonds is 1. The Kier molecular flexibility index (Phi) is 2.92. The van der Waals surface area contributed by atoms with E-state index in [1.54, 1.807) is 0 Å². The molecule has 0 saturated heterocycles. The highest BCUT2D eigenvalue weighted by molar-refractivity contribution is 5.66. The van der Waals surface area contributed by atoms with E-state index in [0.717, 1.165) is 24.8 Å². The van der Waals surface area contributed by atoms with Gasteiger partial charge >= 0.3 is 0 Å². The molecular weight excluding hydrogens is 220 g/mol. The Hall–Kier alpha value is -1.60. The zero-order chi connectivity index (χ0) is 12.5. The molecule has 1 aliphatic rings. The normalized spacial score (nSPS) is 18.4. The molecule has 18 heavy (non-hydrogen) atoms. The summed E-state index contributed by atoms with van der Waals surface area (Å²) in [5.74, 6) is 0. The molecule has 2 aromatic carbocycles. The molecule has 92 valence electrons. The van der Waals surface area contributed by atoms with Gasteiger partial charge in [0.25, 0.3) is 0 Å². The SMILES string of the molecule is Cc1cccc(-c2ccc3c(c2)CCCC3O)c1. The molecule has 0 heterocycles. The molecule has 0 aromatic heterocycles. The van der Waals surface area contributed by atoms with Crippen molar-refractivity contribution >= 4 is 0 Å². The lowest BCUT2D eigenvalue weighted by Crippen LogP contribution is -2.08. The van der Waals surface area contributed by atoms with Crippen LogP contribution in [-0.4, -0.2) is 5.11 Å². The molecule has 0 fully saturated rings. The van der Waals surface area contributed by atoms with Gasteiger partial charge in [-0.3, -0.25) is 0 Å². The minimum absolute atomic E-state index is 0.264. The minimum Gasteiger partial charge on any atom is -0.388 e. The number of aliphatic hydroxyl groups is 1. The average Bonchev–Trinajstić information content (AvgIpc) is 2.39. The molecule has 0 saturated carbocycles. The molecule has 1 nitrogen and oxygen atoms in total. The van der Waals surface area contributed by atoms with Gasteiger partial charge in [-0.15, -0.1) is 0 Å². The van der Waals surface area contributed by atoms with E-state index in [4.69, 9.17) is 0 Å². The van der Waals surface area contributed by atoms with Crippen molar-refractivity contribution in [3.63, 3.8) is 0 Å². The van der Waals surface area contributed by atoms with Gasteiger partial charge in [0, 0.05) is 0 Å². The molecular formula is C17H18O. The quantitative estimate of drug-likeness (QED) is 0.795. The molecule has 1 aliphatic carbocycles. The van der Waals surface area contributed by atoms with Crippen molar-refractivity contribution in [3.05, 3.63) is 59.2 Å². The largest absolute Gasteiger partial charge is 0.388 e. The molecule has 1 unspecified atom stereocenters. The van der Waals surface area contributed by atoms with Gasteiger partial charge in [0.1, 0.15) is 0 Å². The minimum atomic E-state index is -0.264. The van der Waals surface area contributed by atoms with E-state index in [-0.39, 0.29) is 6.10 Å². The van der Waals surface area contributed by atoms with Gasteiger partial charge in [0.15, 0.2) is 0 Å². The van der Waals surface area contributed by atoms with Gasteiger partial charge in [-0.05, 0) is 48.4 Å². The van der Waals surface area contributed by atoms with Gasteiger partial charge in [0.2, 0.25) is 0 Å². The molecule has 0 amide bonds. The first-order valence-electron chi connectivity index (χ1n) is 6.62. The lowest BCUT2D eigenvalue weighted by molar-refractivity contribution is 0.156. The van der Waals surface area contributed by atoms with Crippen molar-refractivity contribution in [1.29, 1.82) is 0 Å². The maximum Gasteiger partial charge on any atom is 0.0792 e. The summed E-state index contributed by atoms with van der Waals surface area (Å²) < 4.78 is 0. The van der Waals surface area contributed by atoms with Crippen LogP contribution in [0.4, 0.5) is 0 Å². The van der Waals surface area contributed by atoms with E-state index < -0.39 is 0 Å². The summed E-state index contributed by atoms with van der Waals surface area (Å²) in [6, 6.07) is 15.0. The maximum atomic E-state index is 9.97. The molecule has 1 atom stereocenters. The first-order chi connectivity index (χ1) is 8.74. The Bertz CT molecular complexity index is 572. The van der Waals surface area contributed by atoms with Crippen LogP contribution in [0.1, 0.15) is 35.6 Å². The summed E-state index contributed by atoms with van der Waals surface area (Å²) in [5, 5.41) is 9.97. The predicted molar refractivity (Wildman–Crippen MR) is 74.5 cm³/mol. The first kappa shape index (κ1) is 11.5. The molecule has 0 aliphatic heterocycles. The van der Waals surface area contributed by atoms with Gasteiger partial charge < -0.3 is 5.11 Å². The Balaban J connectivity index is 2.04. The van der Waals surface area contributed by atoms with Crippen molar-refractivity contribution in [3.8, 4) is 11.1 Å². The highest BCUT2D eigenvalue weighted by atomic mass is 16.3. The van der Waals surface area contributed by atoms with E-state index in [1.807, 2.05) is 0 Å². The van der Waals surface area contributed by atoms with Gasteiger partial charge in [-0.1, -0.05) is 48.0 Å². The number of aliphatic hydroxyl groups excluding tert-OH is 1. The van der Waals surface area contributed by atoms with E-state index in [9.17, 15) is 5.11 Å². The summed E-state index contributed by atoms with van der Waals surface area (Å²) in [7, 11) is 0. The van der Waals surface area contributed by atoms with E-state index >= 15 is 0 Å². The topological polar surface area (TPSA) is 20.2 Å². The molecule has 0 radical (unpaired) electrons. The molecule has 0 bridgehead atoms. The second-order valence-electron chi connectivity index (χ2n) is 5.19. The van der Waals surface area contributed by atoms with Crippen LogP contribution >= 0.6 is 0 Å². The fraction of sp³-hybridized carbons (Fsp3) is 0.294. The van der Waals surface area contributed by atoms with Crippen LogP contribution in [0.3, 0.4) is 0 Å². The van der Waals surface area contributed by atoms with Crippen LogP contribution in [0.5, 0.6) is 0 Å². The zero-order valence-corrected chi connectivity index (χ0v) is 10.7. The van der Waals surface area contributed by atoms with Gasteiger partial charge in [0.05, 0.1) is 6.10 Å². The van der Waals surface area contributed by atoms with Gasteiger partial charge in [-0.2, -0.15) is 0 Å². The molecule has 1 N–H and O–H groups in total. The standard InChI is InChI=1S/C17H18O/c1-12-4-2-5-13(10-12)14-8-9-16-15(11-14)6-3-7-17(16)18/h2,4-5,8-11,17-18H,3,6-7H2,1H3. The predicted octanol–water partition coefficient (Wildman–Crippen LogP) is 4.03. The second kappa shape index (κ2) is 4.58. The van der Waals surface area contributed by atoms with Crippen molar-refractivity contribution in [2.45, 2.75) is 32.3 Å². The number of aryl methyl sites for hydroxylation is 2. The fourth-order valence-electron chi connectivity index (χ4n) is 2.79. The van der Waals surface area contributed by atoms with Crippen LogP contribution < -0.4 is 0 Å². The smallest absolute Gasteiger partial charge is 0.0792 e. The molecule has 1 heteroatoms. The Morgan fingerprint density at radius 3 is 2.72 bits per heavy atom. The van der Waals surface area contributed by atoms with Crippen molar-refractivity contribution in [2.75, 3.05) is 0 Å². The summed E-state index contributed by atoms with van der Waals surface area (Å²) >= 11 is 0. The van der Waals surface area contributed by atoms with Gasteiger partial charge in [-0.25, -0.2) is 0 Å². The Morgan fingerprint density at radius 2 is 1.89 bits per heavy atom. The Labute approximate surface area is 108 Å². The third-order valence-corrected chi connectivity index (χ3v) is 3.78. The summed E-state index contributed by atoms with van der Waals surface area (Å²) in [5.41, 5.74) is 6.24. The van der Waals surface area contributed by atoms with Crippen LogP contribution in [0.15, 0.2) is 42.5 Å². The van der Waals surface area contributed by atoms with Crippen LogP contribution in [0, 0.1) is 6.92 Å². The van der Waals surface area contributed by atoms with E-state index in [1.165, 1.54) is 22.3 Å². The number of fused-ring (bicyclic) bond motifs is 1. The van der Waals surface area contributed by atoms with E-state index in [2.05, 4.69) is 49.4 Å². The average molecular weight is 238 g/mol. The highest BCUT2D eigenvalue weighted by Gasteiger charge is 2.17. The maximum absolute atomic E-state index is 9.97. The second-order valence-corrected chi connectivity index (χ2v) is 5.19. The molecule has 2 aromatic rings. The molecule has 0 spiro atoms. The molecule has 3 rings (SSSR count). The van der Waals surface area contributed by atoms with Crippen LogP contribution in [-0.2, 0) is 6.42 Å². The lowest BCUT2D eigenvalue weighted by atomic mass is 9.87. The van der Waals surface area contributed by atoms with Crippen molar-refractivity contribution in [1.82, 2.24) is 0 Å². The number of benzene rings is 2. The van der Waals surface area contributed by atoms with Crippen LogP contribution in [0.25, 0.3) is 11.1 Å². The zero-order valence-electron chi connectivity index (χ0n) is 10.7. The fourth-order valence-corrected chi connectivity index (χ4v) is 2.79. The summed E-state index contributed by atoms with van der Waals surface area (Å²) in [6.45, 7) is 2.12. The highest BCUT2D eigenvalue weighted by Crippen LogP contribution is 2.32. The summed E-state index contributed by atoms with van der Waals surface area (Å²) in [4.78, 5) is 0. The first-order valence-corrected chi connectivity index (χ1v) is 6.62.